The van der Waals surface area contributed by atoms with E-state index in [0.29, 0.717) is 13.1 Å². The molecular weight excluding hydrogens is 473 g/mol. The average Bonchev–Trinajstić information content (AvgIpc) is 3.42. The van der Waals surface area contributed by atoms with Crippen molar-refractivity contribution < 1.29 is 14.0 Å². The molecule has 1 heterocycles. The van der Waals surface area contributed by atoms with E-state index in [1.54, 1.807) is 33.3 Å². The second-order valence-electron chi connectivity index (χ2n) is 9.32. The molecule has 7 heteroatoms. The standard InChI is InChI=1S/C29H34FN3O2S/c1-2-23-9-6-7-13-27(23)31-29(35)33(25-10-4-3-5-11-25)21-28(34)32(20-26-12-8-18-36-26)19-22-14-16-24(30)17-15-22/h6-9,12-18,25H,2-5,10-11,19-21H2,1H3,(H,31,35). The molecule has 3 aromatic rings. The number of hydrogen-bond acceptors (Lipinski definition) is 3. The van der Waals surface area contributed by atoms with E-state index in [-0.39, 0.29) is 30.3 Å². The molecule has 0 saturated heterocycles. The van der Waals surface area contributed by atoms with Crippen LogP contribution in [0.4, 0.5) is 14.9 Å². The highest BCUT2D eigenvalue weighted by Gasteiger charge is 2.29. The largest absolute Gasteiger partial charge is 0.332 e. The van der Waals surface area contributed by atoms with Crippen LogP contribution in [-0.4, -0.2) is 34.3 Å². The molecular formula is C29H34FN3O2S. The van der Waals surface area contributed by atoms with Gasteiger partial charge in [0.15, 0.2) is 0 Å². The Bertz CT molecular complexity index is 1130. The molecule has 0 aliphatic heterocycles. The van der Waals surface area contributed by atoms with E-state index in [0.717, 1.165) is 60.2 Å². The molecule has 1 aliphatic carbocycles. The molecule has 0 bridgehead atoms. The fourth-order valence-corrected chi connectivity index (χ4v) is 5.50. The number of aryl methyl sites for hydroxylation is 1. The van der Waals surface area contributed by atoms with Crippen LogP contribution in [0.3, 0.4) is 0 Å². The zero-order chi connectivity index (χ0) is 25.3. The van der Waals surface area contributed by atoms with E-state index >= 15 is 0 Å². The van der Waals surface area contributed by atoms with E-state index in [2.05, 4.69) is 12.2 Å². The monoisotopic (exact) mass is 507 g/mol. The van der Waals surface area contributed by atoms with Crippen LogP contribution in [0.1, 0.15) is 55.0 Å². The minimum atomic E-state index is -0.303. The maximum Gasteiger partial charge on any atom is 0.322 e. The minimum absolute atomic E-state index is 0.0113. The van der Waals surface area contributed by atoms with Crippen LogP contribution in [0, 0.1) is 5.82 Å². The number of benzene rings is 2. The zero-order valence-corrected chi connectivity index (χ0v) is 21.6. The summed E-state index contributed by atoms with van der Waals surface area (Å²) in [6.07, 6.45) is 5.89. The van der Waals surface area contributed by atoms with Gasteiger partial charge in [-0.2, -0.15) is 0 Å². The van der Waals surface area contributed by atoms with Crippen LogP contribution in [0.15, 0.2) is 66.0 Å². The van der Waals surface area contributed by atoms with Gasteiger partial charge in [-0.05, 0) is 60.0 Å². The molecule has 2 aromatic carbocycles. The van der Waals surface area contributed by atoms with Gasteiger partial charge in [0.2, 0.25) is 5.91 Å². The summed E-state index contributed by atoms with van der Waals surface area (Å²) in [5.41, 5.74) is 2.71. The molecule has 0 spiro atoms. The van der Waals surface area contributed by atoms with E-state index in [9.17, 15) is 14.0 Å². The lowest BCUT2D eigenvalue weighted by molar-refractivity contribution is -0.133. The predicted octanol–water partition coefficient (Wildman–Crippen LogP) is 6.85. The van der Waals surface area contributed by atoms with Gasteiger partial charge in [-0.15, -0.1) is 11.3 Å². The summed E-state index contributed by atoms with van der Waals surface area (Å²) < 4.78 is 13.5. The first-order chi connectivity index (χ1) is 17.5. The Hall–Kier alpha value is -3.19. The number of nitrogens with one attached hydrogen (secondary N) is 1. The highest BCUT2D eigenvalue weighted by Crippen LogP contribution is 2.25. The molecule has 4 rings (SSSR count). The van der Waals surface area contributed by atoms with Crippen molar-refractivity contribution in [2.24, 2.45) is 0 Å². The first-order valence-corrected chi connectivity index (χ1v) is 13.6. The highest BCUT2D eigenvalue weighted by molar-refractivity contribution is 7.09. The summed E-state index contributed by atoms with van der Waals surface area (Å²) >= 11 is 1.59. The first kappa shape index (κ1) is 25.9. The molecule has 5 nitrogen and oxygen atoms in total. The van der Waals surface area contributed by atoms with Crippen molar-refractivity contribution in [1.29, 1.82) is 0 Å². The fourth-order valence-electron chi connectivity index (χ4n) is 4.78. The Balaban J connectivity index is 1.54. The van der Waals surface area contributed by atoms with Crippen LogP contribution >= 0.6 is 11.3 Å². The Morgan fingerprint density at radius 1 is 0.972 bits per heavy atom. The number of thiophene rings is 1. The number of rotatable bonds is 9. The molecule has 1 N–H and O–H groups in total. The summed E-state index contributed by atoms with van der Waals surface area (Å²) in [6, 6.07) is 17.8. The number of anilines is 1. The topological polar surface area (TPSA) is 52.7 Å². The maximum atomic E-state index is 13.7. The molecule has 1 aromatic heterocycles. The SMILES string of the molecule is CCc1ccccc1NC(=O)N(CC(=O)N(Cc1ccc(F)cc1)Cc1cccs1)C1CCCCC1. The van der Waals surface area contributed by atoms with Gasteiger partial charge in [-0.3, -0.25) is 4.79 Å². The lowest BCUT2D eigenvalue weighted by Crippen LogP contribution is -2.49. The summed E-state index contributed by atoms with van der Waals surface area (Å²) in [6.45, 7) is 2.88. The smallest absolute Gasteiger partial charge is 0.322 e. The quantitative estimate of drug-likeness (QED) is 0.345. The number of nitrogens with zero attached hydrogens (tertiary/aromatic N) is 2. The molecule has 0 atom stereocenters. The Labute approximate surface area is 216 Å². The molecule has 36 heavy (non-hydrogen) atoms. The van der Waals surface area contributed by atoms with Gasteiger partial charge >= 0.3 is 6.03 Å². The van der Waals surface area contributed by atoms with Gasteiger partial charge in [0.25, 0.3) is 0 Å². The number of amides is 3. The minimum Gasteiger partial charge on any atom is -0.332 e. The van der Waals surface area contributed by atoms with Gasteiger partial charge in [0, 0.05) is 23.2 Å². The number of para-hydroxylation sites is 1. The van der Waals surface area contributed by atoms with Crippen LogP contribution in [0.5, 0.6) is 0 Å². The zero-order valence-electron chi connectivity index (χ0n) is 20.8. The molecule has 0 unspecified atom stereocenters. The fraction of sp³-hybridized carbons (Fsp3) is 0.379. The van der Waals surface area contributed by atoms with Gasteiger partial charge < -0.3 is 15.1 Å². The normalized spacial score (nSPS) is 13.8. The summed E-state index contributed by atoms with van der Waals surface area (Å²) in [5.74, 6) is -0.417. The van der Waals surface area contributed by atoms with Crippen molar-refractivity contribution in [1.82, 2.24) is 9.80 Å². The van der Waals surface area contributed by atoms with Crippen molar-refractivity contribution in [2.45, 2.75) is 64.6 Å². The van der Waals surface area contributed by atoms with Gasteiger partial charge in [0.05, 0.1) is 6.54 Å². The van der Waals surface area contributed by atoms with E-state index < -0.39 is 0 Å². The van der Waals surface area contributed by atoms with Crippen molar-refractivity contribution in [3.8, 4) is 0 Å². The summed E-state index contributed by atoms with van der Waals surface area (Å²) in [5, 5.41) is 5.07. The third kappa shape index (κ3) is 6.94. The lowest BCUT2D eigenvalue weighted by atomic mass is 9.94. The number of hydrogen-bond donors (Lipinski definition) is 1. The maximum absolute atomic E-state index is 13.7. The Morgan fingerprint density at radius 2 is 1.72 bits per heavy atom. The molecule has 3 amide bonds. The number of carbonyl (C=O) groups is 2. The van der Waals surface area contributed by atoms with Crippen LogP contribution in [-0.2, 0) is 24.3 Å². The van der Waals surface area contributed by atoms with Crippen LogP contribution in [0.25, 0.3) is 0 Å². The highest BCUT2D eigenvalue weighted by atomic mass is 32.1. The Kier molecular flexibility index (Phi) is 9.11. The first-order valence-electron chi connectivity index (χ1n) is 12.7. The molecule has 1 saturated carbocycles. The van der Waals surface area contributed by atoms with Crippen molar-refractivity contribution in [2.75, 3.05) is 11.9 Å². The summed E-state index contributed by atoms with van der Waals surface area (Å²) in [7, 11) is 0. The molecule has 0 radical (unpaired) electrons. The number of carbonyl (C=O) groups excluding carboxylic acids is 2. The Morgan fingerprint density at radius 3 is 2.42 bits per heavy atom. The number of urea groups is 1. The van der Waals surface area contributed by atoms with E-state index in [4.69, 9.17) is 0 Å². The second-order valence-corrected chi connectivity index (χ2v) is 10.3. The van der Waals surface area contributed by atoms with Gasteiger partial charge in [0.1, 0.15) is 12.4 Å². The average molecular weight is 508 g/mol. The third-order valence-corrected chi connectivity index (χ3v) is 7.65. The van der Waals surface area contributed by atoms with Crippen LogP contribution in [0.2, 0.25) is 0 Å². The summed E-state index contributed by atoms with van der Waals surface area (Å²) in [4.78, 5) is 31.8. The third-order valence-electron chi connectivity index (χ3n) is 6.79. The van der Waals surface area contributed by atoms with Crippen LogP contribution < -0.4 is 5.32 Å². The van der Waals surface area contributed by atoms with Crippen molar-refractivity contribution >= 4 is 29.0 Å². The predicted molar refractivity (Wildman–Crippen MR) is 143 cm³/mol. The van der Waals surface area contributed by atoms with Crippen molar-refractivity contribution in [3.63, 3.8) is 0 Å². The van der Waals surface area contributed by atoms with E-state index in [1.807, 2.05) is 41.8 Å². The van der Waals surface area contributed by atoms with E-state index in [1.165, 1.54) is 12.1 Å². The van der Waals surface area contributed by atoms with Gasteiger partial charge in [-0.25, -0.2) is 9.18 Å². The second kappa shape index (κ2) is 12.7. The lowest BCUT2D eigenvalue weighted by Gasteiger charge is -2.35. The van der Waals surface area contributed by atoms with Gasteiger partial charge in [-0.1, -0.05) is 62.6 Å². The molecule has 1 fully saturated rings. The molecule has 190 valence electrons. The molecule has 1 aliphatic rings. The number of halogens is 1. The van der Waals surface area contributed by atoms with Crippen molar-refractivity contribution in [3.05, 3.63) is 87.9 Å².